The van der Waals surface area contributed by atoms with Crippen LogP contribution < -0.4 is 5.32 Å². The van der Waals surface area contributed by atoms with Crippen LogP contribution in [0.4, 0.5) is 0 Å². The highest BCUT2D eigenvalue weighted by atomic mass is 16.3. The number of hydrogen-bond donors (Lipinski definition) is 2. The Hall–Kier alpha value is -4.12. The van der Waals surface area contributed by atoms with Crippen LogP contribution in [-0.2, 0) is 6.42 Å². The van der Waals surface area contributed by atoms with Crippen molar-refractivity contribution < 1.29 is 9.21 Å². The molecule has 0 bridgehead atoms. The van der Waals surface area contributed by atoms with Gasteiger partial charge < -0.3 is 14.7 Å². The maximum Gasteiger partial charge on any atom is 0.288 e. The molecule has 5 aromatic rings. The molecule has 1 amide bonds. The lowest BCUT2D eigenvalue weighted by Crippen LogP contribution is -2.30. The molecule has 2 heterocycles. The van der Waals surface area contributed by atoms with E-state index in [1.807, 2.05) is 91.0 Å². The van der Waals surface area contributed by atoms with Crippen LogP contribution in [0.25, 0.3) is 22.2 Å². The number of aromatic nitrogens is 2. The minimum Gasteiger partial charge on any atom is -0.459 e. The standard InChI is InChI=1S/C26H21N3O2/c30-26(24-20(15-16-31-24)19-11-5-2-6-12-19)29-23(17-18-9-3-1-4-10-18)25-27-21-13-7-8-14-22(21)28-25/h1-16,23H,17H2,(H,27,28)(H,29,30). The van der Waals surface area contributed by atoms with Gasteiger partial charge in [0.05, 0.1) is 23.3 Å². The zero-order valence-electron chi connectivity index (χ0n) is 16.8. The highest BCUT2D eigenvalue weighted by Gasteiger charge is 2.23. The Bertz CT molecular complexity index is 1270. The lowest BCUT2D eigenvalue weighted by atomic mass is 10.0. The van der Waals surface area contributed by atoms with Gasteiger partial charge in [-0.1, -0.05) is 72.8 Å². The number of para-hydroxylation sites is 2. The van der Waals surface area contributed by atoms with Crippen LogP contribution in [0.2, 0.25) is 0 Å². The SMILES string of the molecule is O=C(NC(Cc1ccccc1)c1nc2ccccc2[nH]1)c1occc1-c1ccccc1. The topological polar surface area (TPSA) is 70.9 Å². The molecule has 0 saturated carbocycles. The first-order valence-electron chi connectivity index (χ1n) is 10.2. The van der Waals surface area contributed by atoms with Crippen molar-refractivity contribution in [2.75, 3.05) is 0 Å². The number of imidazole rings is 1. The molecular formula is C26H21N3O2. The summed E-state index contributed by atoms with van der Waals surface area (Å²) >= 11 is 0. The number of benzene rings is 3. The van der Waals surface area contributed by atoms with Crippen LogP contribution >= 0.6 is 0 Å². The molecule has 0 spiro atoms. The van der Waals surface area contributed by atoms with E-state index in [2.05, 4.69) is 10.3 Å². The van der Waals surface area contributed by atoms with Crippen LogP contribution in [0, 0.1) is 0 Å². The van der Waals surface area contributed by atoms with Gasteiger partial charge in [0.15, 0.2) is 5.76 Å². The van der Waals surface area contributed by atoms with Gasteiger partial charge in [0, 0.05) is 5.56 Å². The summed E-state index contributed by atoms with van der Waals surface area (Å²) in [6.07, 6.45) is 2.15. The molecule has 5 nitrogen and oxygen atoms in total. The molecule has 2 N–H and O–H groups in total. The van der Waals surface area contributed by atoms with E-state index in [0.29, 0.717) is 18.0 Å². The van der Waals surface area contributed by atoms with Crippen molar-refractivity contribution in [3.05, 3.63) is 114 Å². The maximum absolute atomic E-state index is 13.2. The van der Waals surface area contributed by atoms with Gasteiger partial charge in [0.1, 0.15) is 5.82 Å². The van der Waals surface area contributed by atoms with Gasteiger partial charge in [-0.25, -0.2) is 4.98 Å². The number of nitrogens with zero attached hydrogens (tertiary/aromatic N) is 1. The molecule has 0 aliphatic rings. The summed E-state index contributed by atoms with van der Waals surface area (Å²) in [7, 11) is 0. The van der Waals surface area contributed by atoms with Crippen molar-refractivity contribution in [1.82, 2.24) is 15.3 Å². The zero-order chi connectivity index (χ0) is 21.0. The van der Waals surface area contributed by atoms with Crippen molar-refractivity contribution in [3.8, 4) is 11.1 Å². The van der Waals surface area contributed by atoms with Crippen molar-refractivity contribution in [2.24, 2.45) is 0 Å². The zero-order valence-corrected chi connectivity index (χ0v) is 16.8. The Morgan fingerprint density at radius 2 is 1.61 bits per heavy atom. The van der Waals surface area contributed by atoms with E-state index in [1.54, 1.807) is 6.26 Å². The number of fused-ring (bicyclic) bond motifs is 1. The number of amides is 1. The van der Waals surface area contributed by atoms with Crippen LogP contribution in [0.1, 0.15) is 28.0 Å². The van der Waals surface area contributed by atoms with E-state index >= 15 is 0 Å². The molecular weight excluding hydrogens is 386 g/mol. The second-order valence-electron chi connectivity index (χ2n) is 7.38. The summed E-state index contributed by atoms with van der Waals surface area (Å²) in [6.45, 7) is 0. The summed E-state index contributed by atoms with van der Waals surface area (Å²) < 4.78 is 5.58. The van der Waals surface area contributed by atoms with Gasteiger partial charge >= 0.3 is 0 Å². The average molecular weight is 407 g/mol. The van der Waals surface area contributed by atoms with Crippen molar-refractivity contribution in [2.45, 2.75) is 12.5 Å². The van der Waals surface area contributed by atoms with Gasteiger partial charge in [0.2, 0.25) is 0 Å². The van der Waals surface area contributed by atoms with Crippen LogP contribution in [0.5, 0.6) is 0 Å². The van der Waals surface area contributed by atoms with E-state index in [4.69, 9.17) is 9.40 Å². The number of H-pyrrole nitrogens is 1. The van der Waals surface area contributed by atoms with E-state index < -0.39 is 0 Å². The first kappa shape index (κ1) is 18.9. The lowest BCUT2D eigenvalue weighted by molar-refractivity contribution is 0.0907. The molecule has 1 unspecified atom stereocenters. The third-order valence-corrected chi connectivity index (χ3v) is 5.28. The molecule has 0 radical (unpaired) electrons. The number of hydrogen-bond acceptors (Lipinski definition) is 3. The summed E-state index contributed by atoms with van der Waals surface area (Å²) in [5, 5.41) is 3.13. The third kappa shape index (κ3) is 3.98. The maximum atomic E-state index is 13.2. The van der Waals surface area contributed by atoms with Gasteiger partial charge in [-0.05, 0) is 35.7 Å². The first-order chi connectivity index (χ1) is 15.3. The molecule has 0 aliphatic heterocycles. The van der Waals surface area contributed by atoms with E-state index in [9.17, 15) is 4.79 Å². The second-order valence-corrected chi connectivity index (χ2v) is 7.38. The fraction of sp³-hybridized carbons (Fsp3) is 0.0769. The number of rotatable bonds is 6. The summed E-state index contributed by atoms with van der Waals surface area (Å²) in [4.78, 5) is 21.3. The Labute approximate surface area is 179 Å². The molecule has 0 saturated heterocycles. The summed E-state index contributed by atoms with van der Waals surface area (Å²) in [5.41, 5.74) is 4.61. The Balaban J connectivity index is 1.47. The Kier molecular flexibility index (Phi) is 5.07. The van der Waals surface area contributed by atoms with Crippen molar-refractivity contribution in [3.63, 3.8) is 0 Å². The largest absolute Gasteiger partial charge is 0.459 e. The normalized spacial score (nSPS) is 12.0. The van der Waals surface area contributed by atoms with Gasteiger partial charge in [-0.3, -0.25) is 4.79 Å². The van der Waals surface area contributed by atoms with Crippen LogP contribution in [0.3, 0.4) is 0 Å². The fourth-order valence-corrected chi connectivity index (χ4v) is 3.76. The monoisotopic (exact) mass is 407 g/mol. The molecule has 152 valence electrons. The van der Waals surface area contributed by atoms with Gasteiger partial charge in [-0.2, -0.15) is 0 Å². The Morgan fingerprint density at radius 1 is 0.903 bits per heavy atom. The smallest absolute Gasteiger partial charge is 0.288 e. The molecule has 0 fully saturated rings. The number of carbonyl (C=O) groups excluding carboxylic acids is 1. The highest BCUT2D eigenvalue weighted by molar-refractivity contribution is 5.98. The van der Waals surface area contributed by atoms with E-state index in [-0.39, 0.29) is 11.9 Å². The van der Waals surface area contributed by atoms with Gasteiger partial charge in [-0.15, -0.1) is 0 Å². The minimum atomic E-state index is -0.337. The Morgan fingerprint density at radius 3 is 2.39 bits per heavy atom. The quantitative estimate of drug-likeness (QED) is 0.388. The van der Waals surface area contributed by atoms with E-state index in [0.717, 1.165) is 27.7 Å². The summed E-state index contributed by atoms with van der Waals surface area (Å²) in [6, 6.07) is 29.1. The number of furan rings is 1. The molecule has 31 heavy (non-hydrogen) atoms. The summed E-state index contributed by atoms with van der Waals surface area (Å²) in [5.74, 6) is 0.733. The fourth-order valence-electron chi connectivity index (χ4n) is 3.76. The predicted molar refractivity (Wildman–Crippen MR) is 121 cm³/mol. The van der Waals surface area contributed by atoms with Crippen LogP contribution in [-0.4, -0.2) is 15.9 Å². The highest BCUT2D eigenvalue weighted by Crippen LogP contribution is 2.26. The van der Waals surface area contributed by atoms with Gasteiger partial charge in [0.25, 0.3) is 5.91 Å². The number of carbonyl (C=O) groups is 1. The number of nitrogens with one attached hydrogen (secondary N) is 2. The molecule has 2 aromatic heterocycles. The van der Waals surface area contributed by atoms with Crippen LogP contribution in [0.15, 0.2) is 102 Å². The first-order valence-corrected chi connectivity index (χ1v) is 10.2. The molecule has 1 atom stereocenters. The molecule has 0 aliphatic carbocycles. The van der Waals surface area contributed by atoms with E-state index in [1.165, 1.54) is 0 Å². The molecule has 5 heteroatoms. The van der Waals surface area contributed by atoms with Crippen molar-refractivity contribution >= 4 is 16.9 Å². The predicted octanol–water partition coefficient (Wildman–Crippen LogP) is 5.54. The average Bonchev–Trinajstić information content (AvgIpc) is 3.47. The molecule has 3 aromatic carbocycles. The lowest BCUT2D eigenvalue weighted by Gasteiger charge is -2.17. The number of aromatic amines is 1. The third-order valence-electron chi connectivity index (χ3n) is 5.28. The minimum absolute atomic E-state index is 0.273. The second kappa shape index (κ2) is 8.32. The van der Waals surface area contributed by atoms with Crippen molar-refractivity contribution in [1.29, 1.82) is 0 Å². The molecule has 5 rings (SSSR count).